The van der Waals surface area contributed by atoms with Crippen molar-refractivity contribution in [2.75, 3.05) is 11.1 Å². The number of ether oxygens (including phenoxy) is 1. The Morgan fingerprint density at radius 2 is 1.85 bits per heavy atom. The van der Waals surface area contributed by atoms with Crippen molar-refractivity contribution in [1.82, 2.24) is 14.5 Å². The number of amides is 1. The van der Waals surface area contributed by atoms with E-state index in [1.165, 1.54) is 30.5 Å². The lowest BCUT2D eigenvalue weighted by Crippen LogP contribution is -2.06. The predicted octanol–water partition coefficient (Wildman–Crippen LogP) is 5.95. The molecule has 0 spiro atoms. The summed E-state index contributed by atoms with van der Waals surface area (Å²) in [5.41, 5.74) is 10.1. The summed E-state index contributed by atoms with van der Waals surface area (Å²) < 4.78 is 35.8. The Hall–Kier alpha value is -5.56. The second-order valence-electron chi connectivity index (χ2n) is 8.51. The minimum absolute atomic E-state index is 0.0321. The minimum atomic E-state index is -0.688. The van der Waals surface area contributed by atoms with E-state index in [0.717, 1.165) is 17.8 Å². The van der Waals surface area contributed by atoms with Crippen molar-refractivity contribution in [3.63, 3.8) is 0 Å². The number of halogens is 2. The first-order valence-electron chi connectivity index (χ1n) is 11.6. The predicted molar refractivity (Wildman–Crippen MR) is 144 cm³/mol. The number of benzene rings is 2. The first kappa shape index (κ1) is 25.1. The third kappa shape index (κ3) is 4.65. The van der Waals surface area contributed by atoms with Gasteiger partial charge in [-0.2, -0.15) is 5.26 Å². The van der Waals surface area contributed by atoms with Crippen molar-refractivity contribution in [3.8, 4) is 40.1 Å². The number of nitrogens with two attached hydrogens (primary N) is 1. The molecule has 39 heavy (non-hydrogen) atoms. The Balaban J connectivity index is 1.68. The van der Waals surface area contributed by atoms with Crippen LogP contribution < -0.4 is 15.8 Å². The molecular weight excluding hydrogens is 502 g/mol. The van der Waals surface area contributed by atoms with Crippen LogP contribution in [0.25, 0.3) is 33.3 Å². The monoisotopic (exact) mass is 522 g/mol. The quantitative estimate of drug-likeness (QED) is 0.266. The molecule has 0 bridgehead atoms. The number of aryl methyl sites for hydroxylation is 1. The fraction of sp³-hybridized carbons (Fsp3) is 0.0345. The molecule has 0 saturated carbocycles. The summed E-state index contributed by atoms with van der Waals surface area (Å²) in [5.74, 6) is -1.48. The van der Waals surface area contributed by atoms with Crippen LogP contribution in [0.4, 0.5) is 20.3 Å². The van der Waals surface area contributed by atoms with Gasteiger partial charge in [-0.05, 0) is 47.5 Å². The molecule has 3 aromatic heterocycles. The lowest BCUT2D eigenvalue weighted by atomic mass is 9.97. The lowest BCUT2D eigenvalue weighted by Gasteiger charge is -2.12. The van der Waals surface area contributed by atoms with Crippen LogP contribution in [-0.2, 0) is 11.8 Å². The second-order valence-corrected chi connectivity index (χ2v) is 8.51. The summed E-state index contributed by atoms with van der Waals surface area (Å²) in [7, 11) is 1.78. The van der Waals surface area contributed by atoms with Crippen molar-refractivity contribution in [2.24, 2.45) is 7.05 Å². The first-order chi connectivity index (χ1) is 18.8. The molecule has 0 fully saturated rings. The molecule has 0 aliphatic rings. The van der Waals surface area contributed by atoms with Gasteiger partial charge in [0, 0.05) is 30.6 Å². The third-order valence-electron chi connectivity index (χ3n) is 6.11. The molecule has 5 rings (SSSR count). The minimum Gasteiger partial charge on any atom is -0.436 e. The van der Waals surface area contributed by atoms with Gasteiger partial charge >= 0.3 is 0 Å². The average molecular weight is 523 g/mol. The van der Waals surface area contributed by atoms with Gasteiger partial charge in [0.05, 0.1) is 28.4 Å². The number of nitrogens with zero attached hydrogens (tertiary/aromatic N) is 4. The Morgan fingerprint density at radius 1 is 1.10 bits per heavy atom. The summed E-state index contributed by atoms with van der Waals surface area (Å²) in [6.45, 7) is 3.45. The number of aromatic nitrogens is 3. The van der Waals surface area contributed by atoms with Crippen LogP contribution in [0.3, 0.4) is 0 Å². The highest BCUT2D eigenvalue weighted by molar-refractivity contribution is 6.10. The molecule has 3 heterocycles. The van der Waals surface area contributed by atoms with Crippen molar-refractivity contribution >= 4 is 28.3 Å². The fourth-order valence-electron chi connectivity index (χ4n) is 4.39. The third-order valence-corrected chi connectivity index (χ3v) is 6.11. The van der Waals surface area contributed by atoms with Crippen LogP contribution in [-0.4, -0.2) is 20.4 Å². The molecule has 1 amide bonds. The molecule has 10 heteroatoms. The number of nitrogen functional groups attached to an aromatic ring is 1. The number of nitriles is 1. The molecular formula is C29H20F2N6O2. The van der Waals surface area contributed by atoms with Gasteiger partial charge in [0.1, 0.15) is 17.7 Å². The zero-order valence-corrected chi connectivity index (χ0v) is 20.6. The Morgan fingerprint density at radius 3 is 2.49 bits per heavy atom. The molecule has 5 aromatic rings. The van der Waals surface area contributed by atoms with Gasteiger partial charge in [-0.25, -0.2) is 18.7 Å². The summed E-state index contributed by atoms with van der Waals surface area (Å²) >= 11 is 0. The van der Waals surface area contributed by atoms with Gasteiger partial charge in [0.15, 0.2) is 11.6 Å². The van der Waals surface area contributed by atoms with Gasteiger partial charge in [-0.1, -0.05) is 24.8 Å². The van der Waals surface area contributed by atoms with Gasteiger partial charge < -0.3 is 20.4 Å². The van der Waals surface area contributed by atoms with E-state index in [0.29, 0.717) is 39.0 Å². The van der Waals surface area contributed by atoms with Gasteiger partial charge in [0.25, 0.3) is 0 Å². The number of carbonyl (C=O) groups excluding carboxylic acids is 1. The van der Waals surface area contributed by atoms with Crippen molar-refractivity contribution in [1.29, 1.82) is 5.26 Å². The highest BCUT2D eigenvalue weighted by Crippen LogP contribution is 2.44. The topological polar surface area (TPSA) is 119 Å². The van der Waals surface area contributed by atoms with Crippen molar-refractivity contribution < 1.29 is 18.3 Å². The summed E-state index contributed by atoms with van der Waals surface area (Å²) in [4.78, 5) is 19.7. The molecule has 0 aliphatic heterocycles. The summed E-state index contributed by atoms with van der Waals surface area (Å²) in [6.07, 6.45) is 3.54. The number of hydrogen-bond donors (Lipinski definition) is 2. The highest BCUT2D eigenvalue weighted by atomic mass is 19.1. The number of anilines is 2. The molecule has 0 aliphatic carbocycles. The van der Waals surface area contributed by atoms with Crippen LogP contribution in [0.1, 0.15) is 5.56 Å². The summed E-state index contributed by atoms with van der Waals surface area (Å²) in [6, 6.07) is 16.0. The maximum absolute atomic E-state index is 15.3. The van der Waals surface area contributed by atoms with E-state index in [-0.39, 0.29) is 23.4 Å². The zero-order chi connectivity index (χ0) is 27.7. The van der Waals surface area contributed by atoms with E-state index >= 15 is 4.39 Å². The number of nitrogens with one attached hydrogen (secondary N) is 1. The normalized spacial score (nSPS) is 10.7. The van der Waals surface area contributed by atoms with E-state index in [9.17, 15) is 14.4 Å². The highest BCUT2D eigenvalue weighted by Gasteiger charge is 2.24. The SMILES string of the molecule is C=CC(=O)Nc1ccc(-c2c(-c3ccc(Oc4ccc(F)cn4)c(F)c3)c3c(N)ncc(C#N)c3n2C)cc1. The molecule has 0 radical (unpaired) electrons. The molecule has 0 unspecified atom stereocenters. The van der Waals surface area contributed by atoms with Gasteiger partial charge in [-0.3, -0.25) is 4.79 Å². The molecule has 3 N–H and O–H groups in total. The van der Waals surface area contributed by atoms with Crippen LogP contribution in [0.15, 0.2) is 79.6 Å². The number of carbonyl (C=O) groups is 1. The Labute approximate surface area is 221 Å². The van der Waals surface area contributed by atoms with Gasteiger partial charge in [-0.15, -0.1) is 0 Å². The largest absolute Gasteiger partial charge is 0.436 e. The average Bonchev–Trinajstić information content (AvgIpc) is 3.25. The standard InChI is InChI=1S/C29H20F2N6O2/c1-3-23(38)36-20-8-4-16(5-9-20)27-25(26-28(37(27)2)18(13-32)14-35-29(26)33)17-6-10-22(21(31)12-17)39-24-11-7-19(30)15-34-24/h3-12,14-15H,1H2,2H3,(H2,33,35)(H,36,38). The molecule has 8 nitrogen and oxygen atoms in total. The number of rotatable bonds is 6. The van der Waals surface area contributed by atoms with Crippen molar-refractivity contribution in [2.45, 2.75) is 0 Å². The second kappa shape index (κ2) is 10.1. The van der Waals surface area contributed by atoms with E-state index in [1.807, 2.05) is 4.57 Å². The van der Waals surface area contributed by atoms with Crippen LogP contribution in [0, 0.1) is 23.0 Å². The number of fused-ring (bicyclic) bond motifs is 1. The number of hydrogen-bond acceptors (Lipinski definition) is 6. The van der Waals surface area contributed by atoms with E-state index < -0.39 is 11.6 Å². The molecule has 0 atom stereocenters. The van der Waals surface area contributed by atoms with Crippen LogP contribution >= 0.6 is 0 Å². The fourth-order valence-corrected chi connectivity index (χ4v) is 4.39. The number of pyridine rings is 2. The first-order valence-corrected chi connectivity index (χ1v) is 11.6. The van der Waals surface area contributed by atoms with Crippen LogP contribution in [0.5, 0.6) is 11.6 Å². The molecule has 192 valence electrons. The Bertz CT molecular complexity index is 1790. The zero-order valence-electron chi connectivity index (χ0n) is 20.6. The van der Waals surface area contributed by atoms with E-state index in [1.54, 1.807) is 37.4 Å². The smallest absolute Gasteiger partial charge is 0.247 e. The maximum atomic E-state index is 15.3. The van der Waals surface area contributed by atoms with Gasteiger partial charge in [0.2, 0.25) is 11.8 Å². The summed E-state index contributed by atoms with van der Waals surface area (Å²) in [5, 5.41) is 13.0. The van der Waals surface area contributed by atoms with Crippen LogP contribution in [0.2, 0.25) is 0 Å². The molecule has 2 aromatic carbocycles. The maximum Gasteiger partial charge on any atom is 0.247 e. The van der Waals surface area contributed by atoms with E-state index in [4.69, 9.17) is 10.5 Å². The molecule has 0 saturated heterocycles. The van der Waals surface area contributed by atoms with E-state index in [2.05, 4.69) is 27.9 Å². The van der Waals surface area contributed by atoms with Crippen molar-refractivity contribution in [3.05, 3.63) is 96.8 Å². The Kier molecular flexibility index (Phi) is 6.48. The lowest BCUT2D eigenvalue weighted by molar-refractivity contribution is -0.111.